The molecule has 1 aliphatic rings. The van der Waals surface area contributed by atoms with Crippen LogP contribution in [-0.4, -0.2) is 10.6 Å². The molecule has 2 nitrogen and oxygen atoms in total. The fourth-order valence-electron chi connectivity index (χ4n) is 3.48. The van der Waals surface area contributed by atoms with E-state index in [-0.39, 0.29) is 0 Å². The fraction of sp³-hybridized carbons (Fsp3) is 0.556. The van der Waals surface area contributed by atoms with Crippen LogP contribution in [-0.2, 0) is 13.6 Å². The molecule has 0 unspecified atom stereocenters. The average Bonchev–Trinajstić information content (AvgIpc) is 2.75. The van der Waals surface area contributed by atoms with Crippen LogP contribution in [0.15, 0.2) is 30.5 Å². The van der Waals surface area contributed by atoms with E-state index < -0.39 is 0 Å². The van der Waals surface area contributed by atoms with Gasteiger partial charge < -0.3 is 9.88 Å². The molecule has 1 N–H and O–H groups in total. The van der Waals surface area contributed by atoms with E-state index in [9.17, 15) is 0 Å². The van der Waals surface area contributed by atoms with Crippen molar-refractivity contribution < 1.29 is 0 Å². The lowest BCUT2D eigenvalue weighted by Crippen LogP contribution is -2.29. The molecule has 0 saturated heterocycles. The third-order valence-corrected chi connectivity index (χ3v) is 4.67. The molecule has 0 amide bonds. The minimum atomic E-state index is 0.717. The van der Waals surface area contributed by atoms with E-state index in [1.54, 1.807) is 0 Å². The summed E-state index contributed by atoms with van der Waals surface area (Å²) >= 11 is 0. The van der Waals surface area contributed by atoms with Gasteiger partial charge in [-0.05, 0) is 24.5 Å². The van der Waals surface area contributed by atoms with Crippen LogP contribution in [0.1, 0.15) is 50.5 Å². The highest BCUT2D eigenvalue weighted by molar-refractivity contribution is 5.83. The van der Waals surface area contributed by atoms with Crippen LogP contribution in [0.3, 0.4) is 0 Å². The maximum absolute atomic E-state index is 3.80. The summed E-state index contributed by atoms with van der Waals surface area (Å²) in [7, 11) is 2.14. The zero-order valence-electron chi connectivity index (χ0n) is 12.6. The van der Waals surface area contributed by atoms with Gasteiger partial charge in [-0.25, -0.2) is 0 Å². The molecular formula is C18H26N2. The summed E-state index contributed by atoms with van der Waals surface area (Å²) in [5.41, 5.74) is 2.77. The van der Waals surface area contributed by atoms with Gasteiger partial charge in [-0.15, -0.1) is 0 Å². The summed E-state index contributed by atoms with van der Waals surface area (Å²) in [5, 5.41) is 5.19. The summed E-state index contributed by atoms with van der Waals surface area (Å²) in [5.74, 6) is 0. The number of para-hydroxylation sites is 1. The Bertz CT molecular complexity index is 548. The molecular weight excluding hydrogens is 244 g/mol. The highest BCUT2D eigenvalue weighted by Gasteiger charge is 2.12. The number of hydrogen-bond acceptors (Lipinski definition) is 1. The van der Waals surface area contributed by atoms with Crippen molar-refractivity contribution in [3.8, 4) is 0 Å². The minimum Gasteiger partial charge on any atom is -0.350 e. The monoisotopic (exact) mass is 270 g/mol. The van der Waals surface area contributed by atoms with Crippen LogP contribution < -0.4 is 5.32 Å². The predicted molar refractivity (Wildman–Crippen MR) is 85.9 cm³/mol. The molecule has 108 valence electrons. The summed E-state index contributed by atoms with van der Waals surface area (Å²) in [4.78, 5) is 0. The molecule has 2 heteroatoms. The molecule has 0 atom stereocenters. The van der Waals surface area contributed by atoms with Gasteiger partial charge in [0.2, 0.25) is 0 Å². The molecule has 1 saturated carbocycles. The second-order valence-corrected chi connectivity index (χ2v) is 6.21. The van der Waals surface area contributed by atoms with Crippen LogP contribution in [0.5, 0.6) is 0 Å². The normalized spacial score (nSPS) is 18.1. The molecule has 0 aliphatic heterocycles. The highest BCUT2D eigenvalue weighted by atomic mass is 14.9. The number of aryl methyl sites for hydroxylation is 1. The van der Waals surface area contributed by atoms with Crippen LogP contribution in [0.2, 0.25) is 0 Å². The first-order valence-corrected chi connectivity index (χ1v) is 8.11. The summed E-state index contributed by atoms with van der Waals surface area (Å²) in [6, 6.07) is 9.42. The Morgan fingerprint density at radius 1 is 1.05 bits per heavy atom. The van der Waals surface area contributed by atoms with Gasteiger partial charge in [0, 0.05) is 36.7 Å². The molecule has 2 aromatic rings. The first-order valence-electron chi connectivity index (χ1n) is 8.11. The van der Waals surface area contributed by atoms with Gasteiger partial charge >= 0.3 is 0 Å². The molecule has 1 aliphatic carbocycles. The van der Waals surface area contributed by atoms with Crippen molar-refractivity contribution in [3.05, 3.63) is 36.0 Å². The van der Waals surface area contributed by atoms with Crippen LogP contribution in [0.25, 0.3) is 10.9 Å². The fourth-order valence-corrected chi connectivity index (χ4v) is 3.48. The van der Waals surface area contributed by atoms with E-state index in [0.29, 0.717) is 6.04 Å². The third-order valence-electron chi connectivity index (χ3n) is 4.67. The van der Waals surface area contributed by atoms with Gasteiger partial charge in [-0.3, -0.25) is 0 Å². The van der Waals surface area contributed by atoms with E-state index in [1.807, 2.05) is 0 Å². The number of fused-ring (bicyclic) bond motifs is 1. The number of benzene rings is 1. The Balaban J connectivity index is 1.67. The SMILES string of the molecule is Cn1cc(CNC2CCCCCCC2)c2ccccc21. The van der Waals surface area contributed by atoms with Crippen LogP contribution in [0.4, 0.5) is 0 Å². The standard InChI is InChI=1S/C18H26N2/c1-20-14-15(17-11-7-8-12-18(17)20)13-19-16-9-5-3-2-4-6-10-16/h7-8,11-12,14,16,19H,2-6,9-10,13H2,1H3. The first kappa shape index (κ1) is 13.7. The maximum Gasteiger partial charge on any atom is 0.0481 e. The van der Waals surface area contributed by atoms with E-state index in [1.165, 1.54) is 61.4 Å². The highest BCUT2D eigenvalue weighted by Crippen LogP contribution is 2.21. The van der Waals surface area contributed by atoms with Gasteiger partial charge in [-0.1, -0.05) is 50.3 Å². The average molecular weight is 270 g/mol. The van der Waals surface area contributed by atoms with Gasteiger partial charge in [-0.2, -0.15) is 0 Å². The Morgan fingerprint density at radius 3 is 2.55 bits per heavy atom. The zero-order valence-corrected chi connectivity index (χ0v) is 12.6. The number of nitrogens with zero attached hydrogens (tertiary/aromatic N) is 1. The topological polar surface area (TPSA) is 17.0 Å². The van der Waals surface area contributed by atoms with Crippen molar-refractivity contribution >= 4 is 10.9 Å². The summed E-state index contributed by atoms with van der Waals surface area (Å²) in [6.07, 6.45) is 12.1. The van der Waals surface area contributed by atoms with Crippen molar-refractivity contribution in [2.45, 2.75) is 57.5 Å². The van der Waals surface area contributed by atoms with Crippen molar-refractivity contribution in [2.24, 2.45) is 7.05 Å². The lowest BCUT2D eigenvalue weighted by Gasteiger charge is -2.21. The Kier molecular flexibility index (Phi) is 4.41. The second kappa shape index (κ2) is 6.45. The largest absolute Gasteiger partial charge is 0.350 e. The van der Waals surface area contributed by atoms with Crippen LogP contribution in [0, 0.1) is 0 Å². The minimum absolute atomic E-state index is 0.717. The van der Waals surface area contributed by atoms with E-state index in [4.69, 9.17) is 0 Å². The number of nitrogens with one attached hydrogen (secondary N) is 1. The summed E-state index contributed by atoms with van der Waals surface area (Å²) in [6.45, 7) is 1.01. The van der Waals surface area contributed by atoms with Gasteiger partial charge in [0.05, 0.1) is 0 Å². The van der Waals surface area contributed by atoms with E-state index >= 15 is 0 Å². The van der Waals surface area contributed by atoms with Crippen molar-refractivity contribution in [3.63, 3.8) is 0 Å². The molecule has 1 fully saturated rings. The number of aromatic nitrogens is 1. The number of rotatable bonds is 3. The summed E-state index contributed by atoms with van der Waals surface area (Å²) < 4.78 is 2.24. The smallest absolute Gasteiger partial charge is 0.0481 e. The van der Waals surface area contributed by atoms with Gasteiger partial charge in [0.25, 0.3) is 0 Å². The van der Waals surface area contributed by atoms with E-state index in [0.717, 1.165) is 6.54 Å². The molecule has 0 bridgehead atoms. The number of hydrogen-bond donors (Lipinski definition) is 1. The molecule has 1 aromatic heterocycles. The van der Waals surface area contributed by atoms with E-state index in [2.05, 4.69) is 47.4 Å². The molecule has 0 radical (unpaired) electrons. The Labute approximate surface area is 122 Å². The molecule has 3 rings (SSSR count). The molecule has 1 aromatic carbocycles. The predicted octanol–water partition coefficient (Wildman–Crippen LogP) is 4.38. The Morgan fingerprint density at radius 2 is 1.75 bits per heavy atom. The molecule has 1 heterocycles. The van der Waals surface area contributed by atoms with Gasteiger partial charge in [0.15, 0.2) is 0 Å². The first-order chi connectivity index (χ1) is 9.84. The second-order valence-electron chi connectivity index (χ2n) is 6.21. The van der Waals surface area contributed by atoms with Gasteiger partial charge in [0.1, 0.15) is 0 Å². The molecule has 0 spiro atoms. The third kappa shape index (κ3) is 3.06. The van der Waals surface area contributed by atoms with Crippen molar-refractivity contribution in [1.29, 1.82) is 0 Å². The lowest BCUT2D eigenvalue weighted by molar-refractivity contribution is 0.389. The van der Waals surface area contributed by atoms with Crippen LogP contribution >= 0.6 is 0 Å². The van der Waals surface area contributed by atoms with Crippen molar-refractivity contribution in [2.75, 3.05) is 0 Å². The zero-order chi connectivity index (χ0) is 13.8. The Hall–Kier alpha value is -1.28. The van der Waals surface area contributed by atoms with Crippen molar-refractivity contribution in [1.82, 2.24) is 9.88 Å². The lowest BCUT2D eigenvalue weighted by atomic mass is 9.96. The molecule has 20 heavy (non-hydrogen) atoms. The maximum atomic E-state index is 3.80. The quantitative estimate of drug-likeness (QED) is 0.875.